The molecule has 0 rings (SSSR count). The molecule has 0 aromatic heterocycles. The molecule has 0 fully saturated rings. The summed E-state index contributed by atoms with van der Waals surface area (Å²) in [6, 6.07) is 0. The van der Waals surface area contributed by atoms with E-state index in [2.05, 4.69) is 0 Å². The van der Waals surface area contributed by atoms with Crippen LogP contribution in [0.5, 0.6) is 0 Å². The van der Waals surface area contributed by atoms with E-state index in [4.69, 9.17) is 5.11 Å². The number of aliphatic hydroxyl groups excluding tert-OH is 1. The van der Waals surface area contributed by atoms with Crippen LogP contribution in [0, 0.1) is 6.10 Å². The van der Waals surface area contributed by atoms with Crippen LogP contribution in [0.4, 0.5) is 0 Å². The van der Waals surface area contributed by atoms with Gasteiger partial charge in [0, 0.05) is 20.4 Å². The monoisotopic (exact) mass is 260 g/mol. The Hall–Kier alpha value is 0.622. The third-order valence-corrected chi connectivity index (χ3v) is 0.512. The summed E-state index contributed by atoms with van der Waals surface area (Å²) < 4.78 is 0. The van der Waals surface area contributed by atoms with Crippen molar-refractivity contribution in [1.29, 1.82) is 0 Å². The maximum Gasteiger partial charge on any atom is 0 e. The van der Waals surface area contributed by atoms with Gasteiger partial charge in [0.15, 0.2) is 0 Å². The molecule has 0 unspecified atom stereocenters. The fraction of sp³-hybridized carbons (Fsp3) is 0.750. The molecule has 1 N–H and O–H groups in total. The third-order valence-electron chi connectivity index (χ3n) is 0.512. The van der Waals surface area contributed by atoms with Gasteiger partial charge in [-0.25, -0.2) is 6.10 Å². The first-order valence-electron chi connectivity index (χ1n) is 1.78. The Bertz CT molecular complexity index is 21.5. The minimum absolute atomic E-state index is 0. The number of hydrogen-bond acceptors (Lipinski definition) is 1. The molecule has 0 saturated heterocycles. The molecule has 39 valence electrons. The standard InChI is InChI=1S/C4H9O.Re/c1-3-4(2)5;/h5H,3H2,1-2H3;/q-1;. The summed E-state index contributed by atoms with van der Waals surface area (Å²) in [7, 11) is 0. The number of aliphatic hydroxyl groups is 1. The fourth-order valence-corrected chi connectivity index (χ4v) is 0. The molecule has 1 nitrogen and oxygen atoms in total. The van der Waals surface area contributed by atoms with Gasteiger partial charge in [-0.3, -0.25) is 0 Å². The van der Waals surface area contributed by atoms with Gasteiger partial charge in [-0.15, -0.1) is 0 Å². The molecule has 0 aromatic carbocycles. The van der Waals surface area contributed by atoms with Crippen molar-refractivity contribution in [3.8, 4) is 0 Å². The van der Waals surface area contributed by atoms with Crippen LogP contribution in [0.1, 0.15) is 20.3 Å². The Morgan fingerprint density at radius 3 is 1.83 bits per heavy atom. The van der Waals surface area contributed by atoms with Gasteiger partial charge < -0.3 is 5.11 Å². The van der Waals surface area contributed by atoms with Gasteiger partial charge in [0.05, 0.1) is 0 Å². The van der Waals surface area contributed by atoms with E-state index < -0.39 is 0 Å². The van der Waals surface area contributed by atoms with Gasteiger partial charge in [0.2, 0.25) is 0 Å². The van der Waals surface area contributed by atoms with E-state index in [1.807, 2.05) is 6.92 Å². The molecule has 0 aliphatic heterocycles. The van der Waals surface area contributed by atoms with Gasteiger partial charge in [0.1, 0.15) is 0 Å². The SMILES string of the molecule is CC[C-](C)O.[Re]. The molecule has 0 atom stereocenters. The smallest absolute Gasteiger partial charge is 0 e. The van der Waals surface area contributed by atoms with E-state index >= 15 is 0 Å². The molecule has 6 heavy (non-hydrogen) atoms. The maximum absolute atomic E-state index is 8.28. The molecule has 0 saturated carbocycles. The van der Waals surface area contributed by atoms with Crippen LogP contribution in [-0.4, -0.2) is 5.11 Å². The molecular formula is C4H9ORe-. The summed E-state index contributed by atoms with van der Waals surface area (Å²) in [5.41, 5.74) is 0. The van der Waals surface area contributed by atoms with E-state index in [1.54, 1.807) is 6.92 Å². The Balaban J connectivity index is 0. The van der Waals surface area contributed by atoms with E-state index in [-0.39, 0.29) is 20.4 Å². The van der Waals surface area contributed by atoms with E-state index in [0.29, 0.717) is 6.10 Å². The first-order valence-corrected chi connectivity index (χ1v) is 1.78. The van der Waals surface area contributed by atoms with Crippen molar-refractivity contribution in [1.82, 2.24) is 0 Å². The second-order valence-electron chi connectivity index (χ2n) is 1.09. The van der Waals surface area contributed by atoms with Gasteiger partial charge >= 0.3 is 0 Å². The van der Waals surface area contributed by atoms with E-state index in [1.165, 1.54) is 0 Å². The molecule has 2 heteroatoms. The molecular weight excluding hydrogens is 250 g/mol. The maximum atomic E-state index is 8.28. The minimum atomic E-state index is 0. The Morgan fingerprint density at radius 1 is 1.67 bits per heavy atom. The molecule has 0 amide bonds. The minimum Gasteiger partial charge on any atom is -0.563 e. The molecule has 0 bridgehead atoms. The molecule has 0 aliphatic rings. The molecule has 0 aliphatic carbocycles. The van der Waals surface area contributed by atoms with Crippen LogP contribution in [0.3, 0.4) is 0 Å². The number of rotatable bonds is 1. The average molecular weight is 259 g/mol. The second kappa shape index (κ2) is 5.62. The number of hydrogen-bond donors (Lipinski definition) is 1. The van der Waals surface area contributed by atoms with Crippen LogP contribution in [0.25, 0.3) is 0 Å². The van der Waals surface area contributed by atoms with E-state index in [0.717, 1.165) is 6.42 Å². The summed E-state index contributed by atoms with van der Waals surface area (Å²) in [6.45, 7) is 3.61. The van der Waals surface area contributed by atoms with Crippen molar-refractivity contribution in [3.63, 3.8) is 0 Å². The van der Waals surface area contributed by atoms with Crippen LogP contribution >= 0.6 is 0 Å². The van der Waals surface area contributed by atoms with Crippen LogP contribution < -0.4 is 0 Å². The summed E-state index contributed by atoms with van der Waals surface area (Å²) in [4.78, 5) is 0. The molecule has 0 aromatic rings. The van der Waals surface area contributed by atoms with Crippen molar-refractivity contribution in [3.05, 3.63) is 6.10 Å². The Morgan fingerprint density at radius 2 is 1.83 bits per heavy atom. The fourth-order valence-electron chi connectivity index (χ4n) is 0. The van der Waals surface area contributed by atoms with Crippen molar-refractivity contribution < 1.29 is 25.5 Å². The van der Waals surface area contributed by atoms with Gasteiger partial charge in [-0.1, -0.05) is 6.92 Å². The topological polar surface area (TPSA) is 20.2 Å². The van der Waals surface area contributed by atoms with Gasteiger partial charge in [-0.2, -0.15) is 13.3 Å². The van der Waals surface area contributed by atoms with Crippen LogP contribution in [0.15, 0.2) is 0 Å². The van der Waals surface area contributed by atoms with Crippen molar-refractivity contribution in [2.75, 3.05) is 0 Å². The summed E-state index contributed by atoms with van der Waals surface area (Å²) >= 11 is 0. The average Bonchev–Trinajstić information content (AvgIpc) is 1.38. The molecule has 0 heterocycles. The van der Waals surface area contributed by atoms with Crippen LogP contribution in [0.2, 0.25) is 0 Å². The first kappa shape index (κ1) is 9.80. The van der Waals surface area contributed by atoms with Crippen molar-refractivity contribution >= 4 is 0 Å². The second-order valence-corrected chi connectivity index (χ2v) is 1.09. The zero-order chi connectivity index (χ0) is 4.28. The van der Waals surface area contributed by atoms with Crippen molar-refractivity contribution in [2.45, 2.75) is 20.3 Å². The first-order chi connectivity index (χ1) is 2.27. The zero-order valence-corrected chi connectivity index (χ0v) is 6.75. The quantitative estimate of drug-likeness (QED) is 0.704. The van der Waals surface area contributed by atoms with E-state index in [9.17, 15) is 0 Å². The van der Waals surface area contributed by atoms with Gasteiger partial charge in [0.25, 0.3) is 0 Å². The van der Waals surface area contributed by atoms with Crippen molar-refractivity contribution in [2.24, 2.45) is 0 Å². The molecule has 0 spiro atoms. The summed E-state index contributed by atoms with van der Waals surface area (Å²) in [6.07, 6.45) is 1.28. The zero-order valence-electron chi connectivity index (χ0n) is 4.03. The summed E-state index contributed by atoms with van der Waals surface area (Å²) in [5.74, 6) is 0. The van der Waals surface area contributed by atoms with Gasteiger partial charge in [-0.05, 0) is 0 Å². The largest absolute Gasteiger partial charge is 0.563 e. The predicted molar refractivity (Wildman–Crippen MR) is 21.1 cm³/mol. The predicted octanol–water partition coefficient (Wildman–Crippen LogP) is 1.32. The Labute approximate surface area is 52.4 Å². The molecule has 1 radical (unpaired) electrons. The van der Waals surface area contributed by atoms with Crippen LogP contribution in [-0.2, 0) is 20.4 Å². The summed E-state index contributed by atoms with van der Waals surface area (Å²) in [5, 5.41) is 8.28. The Kier molecular flexibility index (Phi) is 9.18. The third kappa shape index (κ3) is 8.82. The normalized spacial score (nSPS) is 8.00.